The molecule has 0 spiro atoms. The van der Waals surface area contributed by atoms with E-state index >= 15 is 0 Å². The van der Waals surface area contributed by atoms with E-state index in [1.807, 2.05) is 0 Å². The van der Waals surface area contributed by atoms with Crippen molar-refractivity contribution in [3.63, 3.8) is 0 Å². The molecule has 0 radical (unpaired) electrons. The lowest BCUT2D eigenvalue weighted by molar-refractivity contribution is -0.122. The van der Waals surface area contributed by atoms with Gasteiger partial charge in [0.15, 0.2) is 11.5 Å². The Morgan fingerprint density at radius 3 is 2.07 bits per heavy atom. The highest BCUT2D eigenvalue weighted by Gasteiger charge is 2.37. The van der Waals surface area contributed by atoms with Gasteiger partial charge in [0.1, 0.15) is 23.7 Å². The van der Waals surface area contributed by atoms with E-state index in [1.165, 1.54) is 53.6 Å². The minimum absolute atomic E-state index is 0.107. The van der Waals surface area contributed by atoms with Crippen LogP contribution in [-0.4, -0.2) is 52.2 Å². The molecule has 12 heteroatoms. The second kappa shape index (κ2) is 12.8. The number of ether oxygens (including phenoxy) is 5. The molecule has 42 heavy (non-hydrogen) atoms. The molecule has 1 heterocycles. The quantitative estimate of drug-likeness (QED) is 0.272. The number of barbiturate groups is 1. The van der Waals surface area contributed by atoms with Crippen molar-refractivity contribution < 1.29 is 42.9 Å². The van der Waals surface area contributed by atoms with Gasteiger partial charge in [-0.25, -0.2) is 9.69 Å². The number of imide groups is 2. The maximum Gasteiger partial charge on any atom is 0.335 e. The van der Waals surface area contributed by atoms with Gasteiger partial charge in [0.2, 0.25) is 11.7 Å². The fourth-order valence-corrected chi connectivity index (χ4v) is 4.25. The van der Waals surface area contributed by atoms with Crippen molar-refractivity contribution in [3.8, 4) is 28.7 Å². The molecule has 2 N–H and O–H groups in total. The summed E-state index contributed by atoms with van der Waals surface area (Å²) in [6.07, 6.45) is 1.38. The van der Waals surface area contributed by atoms with E-state index in [9.17, 15) is 19.2 Å². The molecular formula is C30H29N3O9. The summed E-state index contributed by atoms with van der Waals surface area (Å²) in [5, 5.41) is 4.89. The van der Waals surface area contributed by atoms with Crippen molar-refractivity contribution in [2.75, 3.05) is 38.7 Å². The summed E-state index contributed by atoms with van der Waals surface area (Å²) >= 11 is 0. The molecule has 0 aromatic heterocycles. The number of nitrogens with one attached hydrogen (secondary N) is 2. The molecule has 0 atom stereocenters. The zero-order chi connectivity index (χ0) is 30.4. The highest BCUT2D eigenvalue weighted by atomic mass is 16.5. The molecule has 1 aliphatic rings. The fourth-order valence-electron chi connectivity index (χ4n) is 4.25. The molecule has 218 valence electrons. The summed E-state index contributed by atoms with van der Waals surface area (Å²) in [5.41, 5.74) is 1.61. The number of hydrogen-bond acceptors (Lipinski definition) is 9. The zero-order valence-electron chi connectivity index (χ0n) is 23.6. The van der Waals surface area contributed by atoms with E-state index in [-0.39, 0.29) is 41.0 Å². The van der Waals surface area contributed by atoms with Gasteiger partial charge in [-0.3, -0.25) is 19.7 Å². The number of benzene rings is 3. The predicted molar refractivity (Wildman–Crippen MR) is 153 cm³/mol. The summed E-state index contributed by atoms with van der Waals surface area (Å²) in [7, 11) is 5.74. The number of urea groups is 1. The van der Waals surface area contributed by atoms with Gasteiger partial charge >= 0.3 is 6.03 Å². The van der Waals surface area contributed by atoms with Gasteiger partial charge in [-0.05, 0) is 48.0 Å². The lowest BCUT2D eigenvalue weighted by Gasteiger charge is -2.27. The van der Waals surface area contributed by atoms with Crippen LogP contribution in [0.15, 0.2) is 60.2 Å². The van der Waals surface area contributed by atoms with Crippen molar-refractivity contribution in [2.24, 2.45) is 0 Å². The molecule has 0 aliphatic carbocycles. The largest absolute Gasteiger partial charge is 0.496 e. The van der Waals surface area contributed by atoms with E-state index in [0.29, 0.717) is 28.3 Å². The average Bonchev–Trinajstić information content (AvgIpc) is 2.98. The Morgan fingerprint density at radius 2 is 1.50 bits per heavy atom. The molecule has 0 bridgehead atoms. The molecular weight excluding hydrogens is 546 g/mol. The minimum Gasteiger partial charge on any atom is -0.496 e. The normalized spacial score (nSPS) is 13.9. The summed E-state index contributed by atoms with van der Waals surface area (Å²) in [5.74, 6) is -0.0687. The van der Waals surface area contributed by atoms with Crippen LogP contribution in [0.2, 0.25) is 0 Å². The second-order valence-corrected chi connectivity index (χ2v) is 8.91. The number of anilines is 2. The van der Waals surface area contributed by atoms with E-state index in [0.717, 1.165) is 4.90 Å². The molecule has 12 nitrogen and oxygen atoms in total. The van der Waals surface area contributed by atoms with Gasteiger partial charge in [-0.15, -0.1) is 0 Å². The molecule has 0 unspecified atom stereocenters. The van der Waals surface area contributed by atoms with Crippen LogP contribution in [0, 0.1) is 0 Å². The van der Waals surface area contributed by atoms with Crippen LogP contribution in [0.4, 0.5) is 16.2 Å². The molecule has 3 aromatic carbocycles. The first kappa shape index (κ1) is 29.5. The minimum atomic E-state index is -0.926. The van der Waals surface area contributed by atoms with Crippen LogP contribution in [0.3, 0.4) is 0 Å². The lowest BCUT2D eigenvalue weighted by Crippen LogP contribution is -2.54. The van der Waals surface area contributed by atoms with Gasteiger partial charge in [-0.2, -0.15) is 0 Å². The van der Waals surface area contributed by atoms with E-state index in [2.05, 4.69) is 10.6 Å². The van der Waals surface area contributed by atoms with E-state index in [1.54, 1.807) is 42.5 Å². The third-order valence-electron chi connectivity index (χ3n) is 6.19. The Balaban J connectivity index is 1.62. The Bertz CT molecular complexity index is 1540. The summed E-state index contributed by atoms with van der Waals surface area (Å²) in [6, 6.07) is 13.8. The van der Waals surface area contributed by atoms with Crippen LogP contribution in [0.1, 0.15) is 18.1 Å². The molecule has 1 fully saturated rings. The molecule has 1 aliphatic heterocycles. The number of rotatable bonds is 10. The highest BCUT2D eigenvalue weighted by molar-refractivity contribution is 6.39. The van der Waals surface area contributed by atoms with Crippen molar-refractivity contribution in [3.05, 3.63) is 71.3 Å². The van der Waals surface area contributed by atoms with Gasteiger partial charge in [0, 0.05) is 30.3 Å². The molecule has 0 saturated carbocycles. The van der Waals surface area contributed by atoms with Crippen LogP contribution < -0.4 is 39.2 Å². The number of carbonyl (C=O) groups is 4. The first-order chi connectivity index (χ1) is 20.2. The summed E-state index contributed by atoms with van der Waals surface area (Å²) in [6.45, 7) is 1.53. The average molecular weight is 576 g/mol. The Kier molecular flexibility index (Phi) is 8.96. The van der Waals surface area contributed by atoms with Crippen LogP contribution in [0.5, 0.6) is 28.7 Å². The molecule has 5 amide bonds. The number of nitrogens with zero attached hydrogens (tertiary/aromatic N) is 1. The first-order valence-electron chi connectivity index (χ1n) is 12.6. The maximum absolute atomic E-state index is 13.5. The number of methoxy groups -OCH3 is 4. The molecule has 4 rings (SSSR count). The number of hydrogen-bond donors (Lipinski definition) is 2. The molecule has 1 saturated heterocycles. The summed E-state index contributed by atoms with van der Waals surface area (Å²) < 4.78 is 27.3. The smallest absolute Gasteiger partial charge is 0.335 e. The third-order valence-corrected chi connectivity index (χ3v) is 6.19. The van der Waals surface area contributed by atoms with E-state index < -0.39 is 17.8 Å². The zero-order valence-corrected chi connectivity index (χ0v) is 23.6. The van der Waals surface area contributed by atoms with Crippen LogP contribution in [-0.2, 0) is 21.0 Å². The highest BCUT2D eigenvalue weighted by Crippen LogP contribution is 2.41. The van der Waals surface area contributed by atoms with Crippen LogP contribution >= 0.6 is 0 Å². The van der Waals surface area contributed by atoms with Gasteiger partial charge < -0.3 is 29.0 Å². The van der Waals surface area contributed by atoms with Gasteiger partial charge in [-0.1, -0.05) is 6.07 Å². The third kappa shape index (κ3) is 6.28. The maximum atomic E-state index is 13.5. The second-order valence-electron chi connectivity index (χ2n) is 8.91. The number of amides is 5. The van der Waals surface area contributed by atoms with Crippen molar-refractivity contribution in [2.45, 2.75) is 13.5 Å². The standard InChI is InChI=1S/C30H29N3O9/c1-17(34)31-20-7-9-22(10-8-20)42-16-19-12-18(6-11-24(19)38-2)13-23-28(35)32-30(37)33(29(23)36)21-14-25(39-3)27(41-5)26(15-21)40-4/h6-15H,16H2,1-5H3,(H,31,34)(H,32,35,37)/b23-13-. The van der Waals surface area contributed by atoms with Crippen molar-refractivity contribution >= 4 is 41.2 Å². The summed E-state index contributed by atoms with van der Waals surface area (Å²) in [4.78, 5) is 51.1. The van der Waals surface area contributed by atoms with Crippen LogP contribution in [0.25, 0.3) is 6.08 Å². The van der Waals surface area contributed by atoms with E-state index in [4.69, 9.17) is 23.7 Å². The first-order valence-corrected chi connectivity index (χ1v) is 12.6. The topological polar surface area (TPSA) is 142 Å². The van der Waals surface area contributed by atoms with Gasteiger partial charge in [0.05, 0.1) is 34.1 Å². The Hall–Kier alpha value is -5.52. The Morgan fingerprint density at radius 1 is 0.857 bits per heavy atom. The SMILES string of the molecule is COc1ccc(/C=C2/C(=O)NC(=O)N(c3cc(OC)c(OC)c(OC)c3)C2=O)cc1COc1ccc(NC(C)=O)cc1. The molecule has 3 aromatic rings. The Labute approximate surface area is 241 Å². The monoisotopic (exact) mass is 575 g/mol. The van der Waals surface area contributed by atoms with Crippen molar-refractivity contribution in [1.82, 2.24) is 5.32 Å². The lowest BCUT2D eigenvalue weighted by atomic mass is 10.0. The predicted octanol–water partition coefficient (Wildman–Crippen LogP) is 3.92. The number of carbonyl (C=O) groups excluding carboxylic acids is 4. The van der Waals surface area contributed by atoms with Gasteiger partial charge in [0.25, 0.3) is 11.8 Å². The van der Waals surface area contributed by atoms with Crippen molar-refractivity contribution in [1.29, 1.82) is 0 Å². The fraction of sp³-hybridized carbons (Fsp3) is 0.200.